The van der Waals surface area contributed by atoms with Crippen LogP contribution in [0.1, 0.15) is 11.3 Å². The molecule has 0 radical (unpaired) electrons. The smallest absolute Gasteiger partial charge is 0.160 e. The molecule has 0 aliphatic carbocycles. The van der Waals surface area contributed by atoms with Crippen LogP contribution in [0.4, 0.5) is 5.82 Å². The maximum atomic E-state index is 4.35. The summed E-state index contributed by atoms with van der Waals surface area (Å²) in [7, 11) is 2.01. The summed E-state index contributed by atoms with van der Waals surface area (Å²) in [5, 5.41) is 7.25. The van der Waals surface area contributed by atoms with Crippen molar-refractivity contribution in [2.75, 3.05) is 11.9 Å². The molecule has 0 bridgehead atoms. The van der Waals surface area contributed by atoms with E-state index in [9.17, 15) is 0 Å². The first-order chi connectivity index (χ1) is 9.25. The minimum absolute atomic E-state index is 0.791. The van der Waals surface area contributed by atoms with Gasteiger partial charge in [-0.15, -0.1) is 0 Å². The van der Waals surface area contributed by atoms with E-state index in [1.165, 1.54) is 5.56 Å². The highest BCUT2D eigenvalue weighted by Crippen LogP contribution is 2.22. The van der Waals surface area contributed by atoms with Crippen LogP contribution < -0.4 is 4.90 Å². The number of nitrogens with zero attached hydrogens (tertiary/aromatic N) is 4. The van der Waals surface area contributed by atoms with Gasteiger partial charge < -0.3 is 4.90 Å². The van der Waals surface area contributed by atoms with Crippen molar-refractivity contribution in [2.45, 2.75) is 13.5 Å². The topological polar surface area (TPSA) is 57.7 Å². The zero-order valence-electron chi connectivity index (χ0n) is 11.0. The van der Waals surface area contributed by atoms with E-state index >= 15 is 0 Å². The molecule has 0 spiro atoms. The van der Waals surface area contributed by atoms with E-state index < -0.39 is 0 Å². The van der Waals surface area contributed by atoms with E-state index in [0.717, 1.165) is 29.1 Å². The lowest BCUT2D eigenvalue weighted by molar-refractivity contribution is 0.896. The van der Waals surface area contributed by atoms with Crippen molar-refractivity contribution in [3.05, 3.63) is 47.9 Å². The summed E-state index contributed by atoms with van der Waals surface area (Å²) in [6, 6.07) is 10.3. The summed E-state index contributed by atoms with van der Waals surface area (Å²) < 4.78 is 0. The fourth-order valence-electron chi connectivity index (χ4n) is 2.15. The van der Waals surface area contributed by atoms with Crippen molar-refractivity contribution in [3.8, 4) is 0 Å². The molecule has 3 aromatic rings. The van der Waals surface area contributed by atoms with Gasteiger partial charge in [-0.05, 0) is 12.5 Å². The molecular formula is C14H15N5. The second-order valence-corrected chi connectivity index (χ2v) is 4.58. The highest BCUT2D eigenvalue weighted by molar-refractivity contribution is 5.86. The Morgan fingerprint density at radius 3 is 2.68 bits per heavy atom. The maximum absolute atomic E-state index is 4.35. The molecule has 0 aliphatic rings. The summed E-state index contributed by atoms with van der Waals surface area (Å²) in [5.41, 5.74) is 3.90. The van der Waals surface area contributed by atoms with Gasteiger partial charge in [0.25, 0.3) is 0 Å². The van der Waals surface area contributed by atoms with Crippen LogP contribution in [0, 0.1) is 6.92 Å². The largest absolute Gasteiger partial charge is 0.353 e. The van der Waals surface area contributed by atoms with E-state index in [-0.39, 0.29) is 0 Å². The number of H-pyrrole nitrogens is 1. The zero-order chi connectivity index (χ0) is 13.2. The third-order valence-electron chi connectivity index (χ3n) is 3.12. The molecule has 5 heteroatoms. The summed E-state index contributed by atoms with van der Waals surface area (Å²) in [4.78, 5) is 10.7. The zero-order valence-corrected chi connectivity index (χ0v) is 11.0. The number of nitrogens with one attached hydrogen (secondary N) is 1. The van der Waals surface area contributed by atoms with E-state index in [1.807, 2.05) is 32.2 Å². The Bertz CT molecular complexity index is 689. The van der Waals surface area contributed by atoms with Crippen LogP contribution >= 0.6 is 0 Å². The molecule has 2 heterocycles. The normalized spacial score (nSPS) is 10.8. The van der Waals surface area contributed by atoms with E-state index in [4.69, 9.17) is 0 Å². The Hall–Kier alpha value is -2.43. The van der Waals surface area contributed by atoms with Gasteiger partial charge in [-0.25, -0.2) is 9.97 Å². The highest BCUT2D eigenvalue weighted by atomic mass is 15.2. The first-order valence-corrected chi connectivity index (χ1v) is 6.16. The van der Waals surface area contributed by atoms with Gasteiger partial charge >= 0.3 is 0 Å². The molecule has 0 amide bonds. The van der Waals surface area contributed by atoms with E-state index in [1.54, 1.807) is 6.33 Å². The number of aromatic amines is 1. The quantitative estimate of drug-likeness (QED) is 0.778. The highest BCUT2D eigenvalue weighted by Gasteiger charge is 2.12. The van der Waals surface area contributed by atoms with Crippen LogP contribution in [0.2, 0.25) is 0 Å². The molecule has 19 heavy (non-hydrogen) atoms. The van der Waals surface area contributed by atoms with Gasteiger partial charge in [0.2, 0.25) is 0 Å². The molecule has 3 rings (SSSR count). The van der Waals surface area contributed by atoms with Crippen molar-refractivity contribution < 1.29 is 0 Å². The van der Waals surface area contributed by atoms with Crippen LogP contribution in [0.25, 0.3) is 11.0 Å². The molecule has 5 nitrogen and oxygen atoms in total. The summed E-state index contributed by atoms with van der Waals surface area (Å²) in [6.07, 6.45) is 1.58. The number of hydrogen-bond donors (Lipinski definition) is 1. The van der Waals surface area contributed by atoms with Gasteiger partial charge in [0, 0.05) is 13.6 Å². The lowest BCUT2D eigenvalue weighted by Crippen LogP contribution is -2.18. The number of anilines is 1. The molecule has 0 aliphatic heterocycles. The second-order valence-electron chi connectivity index (χ2n) is 4.58. The molecule has 96 valence electrons. The first kappa shape index (κ1) is 11.6. The predicted molar refractivity (Wildman–Crippen MR) is 75.0 cm³/mol. The van der Waals surface area contributed by atoms with Crippen molar-refractivity contribution in [3.63, 3.8) is 0 Å². The maximum Gasteiger partial charge on any atom is 0.160 e. The van der Waals surface area contributed by atoms with Gasteiger partial charge in [-0.3, -0.25) is 5.10 Å². The van der Waals surface area contributed by atoms with Crippen molar-refractivity contribution in [2.24, 2.45) is 0 Å². The molecule has 2 aromatic heterocycles. The average Bonchev–Trinajstić information content (AvgIpc) is 2.82. The fourth-order valence-corrected chi connectivity index (χ4v) is 2.15. The minimum Gasteiger partial charge on any atom is -0.353 e. The Morgan fingerprint density at radius 1 is 1.11 bits per heavy atom. The van der Waals surface area contributed by atoms with Gasteiger partial charge in [-0.2, -0.15) is 5.10 Å². The van der Waals surface area contributed by atoms with Gasteiger partial charge in [-0.1, -0.05) is 30.3 Å². The van der Waals surface area contributed by atoms with Crippen LogP contribution in [-0.2, 0) is 6.54 Å². The number of aromatic nitrogens is 4. The average molecular weight is 253 g/mol. The monoisotopic (exact) mass is 253 g/mol. The minimum atomic E-state index is 0.791. The number of fused-ring (bicyclic) bond motifs is 1. The molecule has 0 saturated carbocycles. The third-order valence-corrected chi connectivity index (χ3v) is 3.12. The van der Waals surface area contributed by atoms with Crippen molar-refractivity contribution in [1.29, 1.82) is 0 Å². The second kappa shape index (κ2) is 4.68. The lowest BCUT2D eigenvalue weighted by Gasteiger charge is -2.18. The van der Waals surface area contributed by atoms with Crippen LogP contribution in [0.3, 0.4) is 0 Å². The van der Waals surface area contributed by atoms with Crippen molar-refractivity contribution >= 4 is 16.9 Å². The molecule has 0 unspecified atom stereocenters. The van der Waals surface area contributed by atoms with Gasteiger partial charge in [0.05, 0.1) is 5.69 Å². The SMILES string of the molecule is Cc1[nH]nc2c(N(C)Cc3ccccc3)ncnc12. The fraction of sp³-hybridized carbons (Fsp3) is 0.214. The predicted octanol–water partition coefficient (Wildman–Crippen LogP) is 2.30. The summed E-state index contributed by atoms with van der Waals surface area (Å²) >= 11 is 0. The Morgan fingerprint density at radius 2 is 1.89 bits per heavy atom. The van der Waals surface area contributed by atoms with E-state index in [0.29, 0.717) is 0 Å². The van der Waals surface area contributed by atoms with Crippen molar-refractivity contribution in [1.82, 2.24) is 20.2 Å². The third kappa shape index (κ3) is 2.14. The molecular weight excluding hydrogens is 238 g/mol. The molecule has 1 N–H and O–H groups in total. The number of aryl methyl sites for hydroxylation is 1. The molecule has 1 aromatic carbocycles. The van der Waals surface area contributed by atoms with Crippen LogP contribution in [0.5, 0.6) is 0 Å². The van der Waals surface area contributed by atoms with E-state index in [2.05, 4.69) is 37.2 Å². The molecule has 0 fully saturated rings. The number of rotatable bonds is 3. The Labute approximate surface area is 111 Å². The molecule has 0 saturated heterocycles. The number of hydrogen-bond acceptors (Lipinski definition) is 4. The standard InChI is InChI=1S/C14H15N5/c1-10-12-13(18-17-10)14(16-9-15-12)19(2)8-11-6-4-3-5-7-11/h3-7,9H,8H2,1-2H3,(H,17,18). The first-order valence-electron chi connectivity index (χ1n) is 6.16. The molecule has 0 atom stereocenters. The number of benzene rings is 1. The Kier molecular flexibility index (Phi) is 2.87. The van der Waals surface area contributed by atoms with Gasteiger partial charge in [0.1, 0.15) is 11.8 Å². The van der Waals surface area contributed by atoms with Gasteiger partial charge in [0.15, 0.2) is 11.3 Å². The lowest BCUT2D eigenvalue weighted by atomic mass is 10.2. The van der Waals surface area contributed by atoms with Crippen LogP contribution in [0.15, 0.2) is 36.7 Å². The Balaban J connectivity index is 1.96. The van der Waals surface area contributed by atoms with Crippen LogP contribution in [-0.4, -0.2) is 27.2 Å². The summed E-state index contributed by atoms with van der Waals surface area (Å²) in [6.45, 7) is 2.75. The summed E-state index contributed by atoms with van der Waals surface area (Å²) in [5.74, 6) is 0.846.